The van der Waals surface area contributed by atoms with Crippen molar-refractivity contribution in [2.75, 3.05) is 33.4 Å². The molecule has 2 N–H and O–H groups in total. The summed E-state index contributed by atoms with van der Waals surface area (Å²) in [5, 5.41) is 10.7. The van der Waals surface area contributed by atoms with E-state index in [9.17, 15) is 4.79 Å². The number of methoxy groups -OCH3 is 1. The van der Waals surface area contributed by atoms with Crippen LogP contribution >= 0.6 is 0 Å². The van der Waals surface area contributed by atoms with Gasteiger partial charge in [0.05, 0.1) is 17.9 Å². The molecule has 1 aromatic rings. The highest BCUT2D eigenvalue weighted by Gasteiger charge is 2.33. The molecule has 118 valence electrons. The van der Waals surface area contributed by atoms with Gasteiger partial charge < -0.3 is 15.4 Å². The molecule has 6 heteroatoms. The topological polar surface area (TPSA) is 68.2 Å². The fourth-order valence-corrected chi connectivity index (χ4v) is 3.09. The van der Waals surface area contributed by atoms with Crippen molar-refractivity contribution in [3.05, 3.63) is 17.0 Å². The van der Waals surface area contributed by atoms with Crippen LogP contribution in [0.2, 0.25) is 0 Å². The summed E-state index contributed by atoms with van der Waals surface area (Å²) in [5.41, 5.74) is 2.41. The Morgan fingerprint density at radius 3 is 2.62 bits per heavy atom. The molecule has 6 nitrogen and oxygen atoms in total. The summed E-state index contributed by atoms with van der Waals surface area (Å²) >= 11 is 0. The first-order valence-corrected chi connectivity index (χ1v) is 7.47. The van der Waals surface area contributed by atoms with Gasteiger partial charge in [-0.3, -0.25) is 9.48 Å². The zero-order chi connectivity index (χ0) is 15.5. The van der Waals surface area contributed by atoms with Crippen LogP contribution in [0.1, 0.15) is 34.6 Å². The molecule has 0 unspecified atom stereocenters. The van der Waals surface area contributed by atoms with E-state index in [4.69, 9.17) is 4.74 Å². The van der Waals surface area contributed by atoms with E-state index in [0.29, 0.717) is 18.7 Å². The van der Waals surface area contributed by atoms with Gasteiger partial charge in [-0.2, -0.15) is 5.10 Å². The second-order valence-electron chi connectivity index (χ2n) is 6.04. The average molecular weight is 294 g/mol. The van der Waals surface area contributed by atoms with Crippen molar-refractivity contribution >= 4 is 5.91 Å². The minimum absolute atomic E-state index is 0.0351. The molecule has 1 fully saturated rings. The summed E-state index contributed by atoms with van der Waals surface area (Å²) in [4.78, 5) is 12.5. The van der Waals surface area contributed by atoms with E-state index in [1.165, 1.54) is 0 Å². The first-order valence-electron chi connectivity index (χ1n) is 7.47. The second-order valence-corrected chi connectivity index (χ2v) is 6.04. The third-order valence-corrected chi connectivity index (χ3v) is 4.47. The third kappa shape index (κ3) is 3.44. The molecular weight excluding hydrogens is 268 g/mol. The Hall–Kier alpha value is -1.40. The maximum atomic E-state index is 12.5. The smallest absolute Gasteiger partial charge is 0.255 e. The number of aromatic nitrogens is 2. The molecule has 0 radical (unpaired) electrons. The number of carbonyl (C=O) groups excluding carboxylic acids is 1. The van der Waals surface area contributed by atoms with Gasteiger partial charge in [-0.1, -0.05) is 0 Å². The Bertz CT molecular complexity index is 499. The lowest BCUT2D eigenvalue weighted by molar-refractivity contribution is 0.0511. The van der Waals surface area contributed by atoms with Crippen LogP contribution in [0, 0.1) is 19.3 Å². The Labute approximate surface area is 126 Å². The number of rotatable bonds is 5. The Kier molecular flexibility index (Phi) is 5.00. The largest absolute Gasteiger partial charge is 0.384 e. The standard InChI is InChI=1S/C15H26N4O2/c1-11-13(12(2)19(3)18-11)14(20)17-9-15(10-21-4)5-7-16-8-6-15/h16H,5-10H2,1-4H3,(H,17,20). The van der Waals surface area contributed by atoms with E-state index in [2.05, 4.69) is 15.7 Å². The number of hydrogen-bond acceptors (Lipinski definition) is 4. The maximum absolute atomic E-state index is 12.5. The summed E-state index contributed by atoms with van der Waals surface area (Å²) in [7, 11) is 3.58. The number of amides is 1. The molecule has 0 bridgehead atoms. The van der Waals surface area contributed by atoms with Gasteiger partial charge in [0.15, 0.2) is 0 Å². The summed E-state index contributed by atoms with van der Waals surface area (Å²) in [6.07, 6.45) is 2.04. The highest BCUT2D eigenvalue weighted by molar-refractivity contribution is 5.96. The van der Waals surface area contributed by atoms with Gasteiger partial charge in [0, 0.05) is 31.8 Å². The van der Waals surface area contributed by atoms with E-state index < -0.39 is 0 Å². The Morgan fingerprint density at radius 1 is 1.43 bits per heavy atom. The molecule has 1 amide bonds. The number of nitrogens with zero attached hydrogens (tertiary/aromatic N) is 2. The van der Waals surface area contributed by atoms with Crippen molar-refractivity contribution in [1.82, 2.24) is 20.4 Å². The molecule has 1 aliphatic heterocycles. The van der Waals surface area contributed by atoms with E-state index >= 15 is 0 Å². The summed E-state index contributed by atoms with van der Waals surface area (Å²) in [5.74, 6) is -0.0351. The van der Waals surface area contributed by atoms with Crippen molar-refractivity contribution in [2.24, 2.45) is 12.5 Å². The number of ether oxygens (including phenoxy) is 1. The lowest BCUT2D eigenvalue weighted by Gasteiger charge is -2.37. The van der Waals surface area contributed by atoms with E-state index in [1.807, 2.05) is 20.9 Å². The molecule has 1 saturated heterocycles. The molecular formula is C15H26N4O2. The quantitative estimate of drug-likeness (QED) is 0.842. The van der Waals surface area contributed by atoms with Gasteiger partial charge in [0.1, 0.15) is 0 Å². The molecule has 0 aromatic carbocycles. The lowest BCUT2D eigenvalue weighted by atomic mass is 9.79. The predicted octanol–water partition coefficient (Wildman–Crippen LogP) is 0.783. The van der Waals surface area contributed by atoms with Crippen LogP contribution in [0.25, 0.3) is 0 Å². The Balaban J connectivity index is 2.05. The van der Waals surface area contributed by atoms with Gasteiger partial charge in [0.2, 0.25) is 0 Å². The molecule has 21 heavy (non-hydrogen) atoms. The normalized spacial score (nSPS) is 17.7. The molecule has 0 spiro atoms. The van der Waals surface area contributed by atoms with Crippen LogP contribution in [0.4, 0.5) is 0 Å². The van der Waals surface area contributed by atoms with Gasteiger partial charge in [0.25, 0.3) is 5.91 Å². The lowest BCUT2D eigenvalue weighted by Crippen LogP contribution is -2.47. The van der Waals surface area contributed by atoms with Gasteiger partial charge in [-0.25, -0.2) is 0 Å². The van der Waals surface area contributed by atoms with Crippen molar-refractivity contribution < 1.29 is 9.53 Å². The zero-order valence-corrected chi connectivity index (χ0v) is 13.5. The van der Waals surface area contributed by atoms with Crippen LogP contribution in [0.3, 0.4) is 0 Å². The minimum Gasteiger partial charge on any atom is -0.384 e. The molecule has 1 aromatic heterocycles. The molecule has 0 aliphatic carbocycles. The van der Waals surface area contributed by atoms with Crippen LogP contribution < -0.4 is 10.6 Å². The molecule has 2 heterocycles. The van der Waals surface area contributed by atoms with Gasteiger partial charge in [-0.15, -0.1) is 0 Å². The van der Waals surface area contributed by atoms with Gasteiger partial charge in [-0.05, 0) is 39.8 Å². The second kappa shape index (κ2) is 6.58. The number of aryl methyl sites for hydroxylation is 2. The molecule has 0 atom stereocenters. The van der Waals surface area contributed by atoms with Crippen molar-refractivity contribution in [3.8, 4) is 0 Å². The predicted molar refractivity (Wildman–Crippen MR) is 81.4 cm³/mol. The van der Waals surface area contributed by atoms with Crippen LogP contribution in [0.15, 0.2) is 0 Å². The van der Waals surface area contributed by atoms with Crippen LogP contribution in [-0.4, -0.2) is 49.0 Å². The first-order chi connectivity index (χ1) is 9.99. The summed E-state index contributed by atoms with van der Waals surface area (Å²) < 4.78 is 7.13. The summed E-state index contributed by atoms with van der Waals surface area (Å²) in [6.45, 7) is 7.07. The summed E-state index contributed by atoms with van der Waals surface area (Å²) in [6, 6.07) is 0. The van der Waals surface area contributed by atoms with Crippen molar-refractivity contribution in [2.45, 2.75) is 26.7 Å². The zero-order valence-electron chi connectivity index (χ0n) is 13.5. The van der Waals surface area contributed by atoms with E-state index in [1.54, 1.807) is 11.8 Å². The monoisotopic (exact) mass is 294 g/mol. The minimum atomic E-state index is -0.0351. The molecule has 1 aliphatic rings. The fraction of sp³-hybridized carbons (Fsp3) is 0.733. The first kappa shape index (κ1) is 16.0. The van der Waals surface area contributed by atoms with Gasteiger partial charge >= 0.3 is 0 Å². The van der Waals surface area contributed by atoms with Crippen molar-refractivity contribution in [1.29, 1.82) is 0 Å². The van der Waals surface area contributed by atoms with Crippen LogP contribution in [0.5, 0.6) is 0 Å². The fourth-order valence-electron chi connectivity index (χ4n) is 3.09. The highest BCUT2D eigenvalue weighted by atomic mass is 16.5. The number of nitrogens with one attached hydrogen (secondary N) is 2. The van der Waals surface area contributed by atoms with Crippen molar-refractivity contribution in [3.63, 3.8) is 0 Å². The number of hydrogen-bond donors (Lipinski definition) is 2. The molecule has 0 saturated carbocycles. The highest BCUT2D eigenvalue weighted by Crippen LogP contribution is 2.28. The average Bonchev–Trinajstić information content (AvgIpc) is 2.71. The third-order valence-electron chi connectivity index (χ3n) is 4.47. The number of carbonyl (C=O) groups is 1. The SMILES string of the molecule is COCC1(CNC(=O)c2c(C)nn(C)c2C)CCNCC1. The van der Waals surface area contributed by atoms with E-state index in [0.717, 1.165) is 37.3 Å². The number of piperidine rings is 1. The molecule has 2 rings (SSSR count). The van der Waals surface area contributed by atoms with E-state index in [-0.39, 0.29) is 11.3 Å². The Morgan fingerprint density at radius 2 is 2.10 bits per heavy atom. The maximum Gasteiger partial charge on any atom is 0.255 e. The van der Waals surface area contributed by atoms with Crippen LogP contribution in [-0.2, 0) is 11.8 Å².